The molecule has 0 spiro atoms. The number of hydrogen-bond acceptors (Lipinski definition) is 2. The molecule has 1 amide bonds. The van der Waals surface area contributed by atoms with Crippen molar-refractivity contribution >= 4 is 18.3 Å². The molecule has 0 bridgehead atoms. The van der Waals surface area contributed by atoms with Crippen molar-refractivity contribution in [2.45, 2.75) is 52.5 Å². The van der Waals surface area contributed by atoms with Crippen LogP contribution in [0.1, 0.15) is 46.5 Å². The van der Waals surface area contributed by atoms with Gasteiger partial charge in [-0.15, -0.1) is 12.4 Å². The molecule has 2 fully saturated rings. The largest absolute Gasteiger partial charge is 0.353 e. The van der Waals surface area contributed by atoms with Crippen LogP contribution in [0, 0.1) is 23.7 Å². The van der Waals surface area contributed by atoms with Crippen molar-refractivity contribution < 1.29 is 4.79 Å². The minimum Gasteiger partial charge on any atom is -0.353 e. The van der Waals surface area contributed by atoms with Gasteiger partial charge in [0, 0.05) is 12.0 Å². The van der Waals surface area contributed by atoms with Crippen LogP contribution < -0.4 is 10.6 Å². The molecule has 19 heavy (non-hydrogen) atoms. The third kappa shape index (κ3) is 4.35. The predicted molar refractivity (Wildman–Crippen MR) is 81.5 cm³/mol. The first-order valence-electron chi connectivity index (χ1n) is 7.59. The summed E-state index contributed by atoms with van der Waals surface area (Å²) in [4.78, 5) is 12.2. The molecular formula is C15H29ClN2O. The van der Waals surface area contributed by atoms with Gasteiger partial charge in [0.1, 0.15) is 0 Å². The second kappa shape index (κ2) is 7.49. The molecule has 2 rings (SSSR count). The van der Waals surface area contributed by atoms with Gasteiger partial charge in [0.25, 0.3) is 0 Å². The van der Waals surface area contributed by atoms with E-state index in [4.69, 9.17) is 0 Å². The van der Waals surface area contributed by atoms with Crippen molar-refractivity contribution in [1.82, 2.24) is 10.6 Å². The molecule has 2 aliphatic rings. The molecule has 1 saturated carbocycles. The molecule has 3 nitrogen and oxygen atoms in total. The fraction of sp³-hybridized carbons (Fsp3) is 0.933. The van der Waals surface area contributed by atoms with Gasteiger partial charge in [0.15, 0.2) is 0 Å². The molecule has 1 aliphatic carbocycles. The SMILES string of the molecule is CC(C)C1CCCC(NC(=O)C(C)C2CNC2)C1.Cl. The zero-order valence-corrected chi connectivity index (χ0v) is 13.3. The van der Waals surface area contributed by atoms with Gasteiger partial charge in [-0.1, -0.05) is 33.6 Å². The molecule has 0 radical (unpaired) electrons. The molecule has 3 unspecified atom stereocenters. The van der Waals surface area contributed by atoms with Crippen molar-refractivity contribution in [2.24, 2.45) is 23.7 Å². The fourth-order valence-corrected chi connectivity index (χ4v) is 3.18. The van der Waals surface area contributed by atoms with Crippen molar-refractivity contribution in [3.63, 3.8) is 0 Å². The quantitative estimate of drug-likeness (QED) is 0.835. The summed E-state index contributed by atoms with van der Waals surface area (Å²) in [5.41, 5.74) is 0. The number of carbonyl (C=O) groups excluding carboxylic acids is 1. The van der Waals surface area contributed by atoms with Gasteiger partial charge in [0.05, 0.1) is 0 Å². The average molecular weight is 289 g/mol. The lowest BCUT2D eigenvalue weighted by Crippen LogP contribution is -2.51. The Labute approximate surface area is 123 Å². The van der Waals surface area contributed by atoms with Gasteiger partial charge in [-0.2, -0.15) is 0 Å². The summed E-state index contributed by atoms with van der Waals surface area (Å²) in [6.45, 7) is 8.69. The topological polar surface area (TPSA) is 41.1 Å². The Bertz CT molecular complexity index is 292. The molecule has 0 aromatic rings. The van der Waals surface area contributed by atoms with Gasteiger partial charge >= 0.3 is 0 Å². The van der Waals surface area contributed by atoms with E-state index < -0.39 is 0 Å². The van der Waals surface area contributed by atoms with Crippen molar-refractivity contribution in [3.8, 4) is 0 Å². The number of hydrogen-bond donors (Lipinski definition) is 2. The van der Waals surface area contributed by atoms with Crippen LogP contribution in [0.2, 0.25) is 0 Å². The van der Waals surface area contributed by atoms with E-state index in [2.05, 4.69) is 31.4 Å². The molecular weight excluding hydrogens is 260 g/mol. The van der Waals surface area contributed by atoms with Crippen LogP contribution >= 0.6 is 12.4 Å². The summed E-state index contributed by atoms with van der Waals surface area (Å²) < 4.78 is 0. The van der Waals surface area contributed by atoms with Crippen LogP contribution in [-0.4, -0.2) is 25.0 Å². The highest BCUT2D eigenvalue weighted by Crippen LogP contribution is 2.30. The van der Waals surface area contributed by atoms with Gasteiger partial charge in [-0.25, -0.2) is 0 Å². The van der Waals surface area contributed by atoms with Crippen LogP contribution in [0.3, 0.4) is 0 Å². The van der Waals surface area contributed by atoms with Crippen molar-refractivity contribution in [3.05, 3.63) is 0 Å². The first-order valence-corrected chi connectivity index (χ1v) is 7.59. The van der Waals surface area contributed by atoms with Crippen molar-refractivity contribution in [1.29, 1.82) is 0 Å². The molecule has 0 aromatic heterocycles. The van der Waals surface area contributed by atoms with Crippen LogP contribution in [0.25, 0.3) is 0 Å². The first kappa shape index (κ1) is 16.8. The Hall–Kier alpha value is -0.280. The summed E-state index contributed by atoms with van der Waals surface area (Å²) in [5, 5.41) is 6.53. The van der Waals surface area contributed by atoms with E-state index in [9.17, 15) is 4.79 Å². The molecule has 1 aliphatic heterocycles. The van der Waals surface area contributed by atoms with Gasteiger partial charge in [-0.05, 0) is 43.7 Å². The Kier molecular flexibility index (Phi) is 6.61. The monoisotopic (exact) mass is 288 g/mol. The summed E-state index contributed by atoms with van der Waals surface area (Å²) in [5.74, 6) is 2.54. The van der Waals surface area contributed by atoms with Crippen LogP contribution in [0.4, 0.5) is 0 Å². The smallest absolute Gasteiger partial charge is 0.223 e. The second-order valence-corrected chi connectivity index (χ2v) is 6.58. The maximum absolute atomic E-state index is 12.2. The molecule has 1 saturated heterocycles. The number of amides is 1. The number of rotatable bonds is 4. The summed E-state index contributed by atoms with van der Waals surface area (Å²) in [6.07, 6.45) is 4.96. The zero-order chi connectivity index (χ0) is 13.1. The standard InChI is InChI=1S/C15H28N2O.ClH/c1-10(2)12-5-4-6-14(7-12)17-15(18)11(3)13-8-16-9-13;/h10-14,16H,4-9H2,1-3H3,(H,17,18);1H. The molecule has 112 valence electrons. The van der Waals surface area contributed by atoms with Crippen LogP contribution in [-0.2, 0) is 4.79 Å². The molecule has 4 heteroatoms. The van der Waals surface area contributed by atoms with E-state index in [0.29, 0.717) is 12.0 Å². The number of carbonyl (C=O) groups is 1. The lowest BCUT2D eigenvalue weighted by Gasteiger charge is -2.35. The van der Waals surface area contributed by atoms with E-state index in [1.165, 1.54) is 25.7 Å². The normalized spacial score (nSPS) is 29.3. The van der Waals surface area contributed by atoms with Crippen molar-refractivity contribution in [2.75, 3.05) is 13.1 Å². The van der Waals surface area contributed by atoms with Gasteiger partial charge in [0.2, 0.25) is 5.91 Å². The van der Waals surface area contributed by atoms with Crippen LogP contribution in [0.5, 0.6) is 0 Å². The minimum absolute atomic E-state index is 0. The Morgan fingerprint density at radius 1 is 1.16 bits per heavy atom. The molecule has 1 heterocycles. The number of nitrogens with one attached hydrogen (secondary N) is 2. The zero-order valence-electron chi connectivity index (χ0n) is 12.4. The van der Waals surface area contributed by atoms with Gasteiger partial charge < -0.3 is 10.6 Å². The third-order valence-corrected chi connectivity index (χ3v) is 4.94. The first-order chi connectivity index (χ1) is 8.58. The molecule has 0 aromatic carbocycles. The third-order valence-electron chi connectivity index (χ3n) is 4.94. The Balaban J connectivity index is 0.00000180. The lowest BCUT2D eigenvalue weighted by atomic mass is 9.79. The lowest BCUT2D eigenvalue weighted by molar-refractivity contribution is -0.127. The Morgan fingerprint density at radius 2 is 1.84 bits per heavy atom. The minimum atomic E-state index is 0. The predicted octanol–water partition coefficient (Wildman–Crippen LogP) is 2.59. The van der Waals surface area contributed by atoms with E-state index in [1.807, 2.05) is 0 Å². The maximum atomic E-state index is 12.2. The average Bonchev–Trinajstić information content (AvgIpc) is 2.26. The summed E-state index contributed by atoms with van der Waals surface area (Å²) in [7, 11) is 0. The molecule has 2 N–H and O–H groups in total. The summed E-state index contributed by atoms with van der Waals surface area (Å²) in [6, 6.07) is 0.425. The van der Waals surface area contributed by atoms with E-state index >= 15 is 0 Å². The van der Waals surface area contributed by atoms with E-state index in [1.54, 1.807) is 0 Å². The highest BCUT2D eigenvalue weighted by Gasteiger charge is 2.31. The maximum Gasteiger partial charge on any atom is 0.223 e. The van der Waals surface area contributed by atoms with Crippen LogP contribution in [0.15, 0.2) is 0 Å². The van der Waals surface area contributed by atoms with Gasteiger partial charge in [-0.3, -0.25) is 4.79 Å². The second-order valence-electron chi connectivity index (χ2n) is 6.58. The highest BCUT2D eigenvalue weighted by atomic mass is 35.5. The molecule has 3 atom stereocenters. The Morgan fingerprint density at radius 3 is 2.37 bits per heavy atom. The summed E-state index contributed by atoms with van der Waals surface area (Å²) >= 11 is 0. The highest BCUT2D eigenvalue weighted by molar-refractivity contribution is 5.85. The van der Waals surface area contributed by atoms with E-state index in [-0.39, 0.29) is 24.2 Å². The number of halogens is 1. The van der Waals surface area contributed by atoms with E-state index in [0.717, 1.165) is 24.9 Å². The fourth-order valence-electron chi connectivity index (χ4n) is 3.18.